The highest BCUT2D eigenvalue weighted by atomic mass is 16.5. The van der Waals surface area contributed by atoms with Crippen LogP contribution in [0.15, 0.2) is 47.5 Å². The van der Waals surface area contributed by atoms with Gasteiger partial charge in [0.15, 0.2) is 17.5 Å². The number of rotatable bonds is 11. The fourth-order valence-electron chi connectivity index (χ4n) is 2.74. The van der Waals surface area contributed by atoms with E-state index >= 15 is 0 Å². The maximum absolute atomic E-state index is 5.94. The Bertz CT molecular complexity index is 809. The quantitative estimate of drug-likeness (QED) is 0.433. The summed E-state index contributed by atoms with van der Waals surface area (Å²) in [5.41, 5.74) is 1.91. The molecule has 2 rings (SSSR count). The number of ether oxygens (including phenoxy) is 3. The van der Waals surface area contributed by atoms with Crippen molar-refractivity contribution in [3.63, 3.8) is 0 Å². The van der Waals surface area contributed by atoms with Gasteiger partial charge in [0.25, 0.3) is 0 Å². The Morgan fingerprint density at radius 1 is 1.00 bits per heavy atom. The number of anilines is 1. The van der Waals surface area contributed by atoms with Crippen LogP contribution in [0.5, 0.6) is 17.2 Å². The van der Waals surface area contributed by atoms with Crippen LogP contribution in [0.4, 0.5) is 5.69 Å². The van der Waals surface area contributed by atoms with Crippen LogP contribution >= 0.6 is 0 Å². The van der Waals surface area contributed by atoms with E-state index in [4.69, 9.17) is 19.2 Å². The van der Waals surface area contributed by atoms with E-state index in [1.165, 1.54) is 0 Å². The number of nitrogens with zero attached hydrogens (tertiary/aromatic N) is 2. The molecule has 0 atom stereocenters. The second-order valence-corrected chi connectivity index (χ2v) is 6.88. The summed E-state index contributed by atoms with van der Waals surface area (Å²) < 4.78 is 17.0. The van der Waals surface area contributed by atoms with E-state index in [2.05, 4.69) is 15.5 Å². The minimum Gasteiger partial charge on any atom is -0.493 e. The van der Waals surface area contributed by atoms with Gasteiger partial charge in [0.2, 0.25) is 0 Å². The highest BCUT2D eigenvalue weighted by Crippen LogP contribution is 2.30. The third-order valence-corrected chi connectivity index (χ3v) is 4.25. The van der Waals surface area contributed by atoms with E-state index in [1.54, 1.807) is 7.11 Å². The van der Waals surface area contributed by atoms with Crippen LogP contribution < -0.4 is 24.8 Å². The van der Waals surface area contributed by atoms with Crippen LogP contribution in [0.25, 0.3) is 0 Å². The van der Waals surface area contributed by atoms with Crippen molar-refractivity contribution in [2.45, 2.75) is 20.4 Å². The molecule has 2 aromatic carbocycles. The van der Waals surface area contributed by atoms with E-state index in [-0.39, 0.29) is 0 Å². The predicted octanol–water partition coefficient (Wildman–Crippen LogP) is 3.61. The summed E-state index contributed by atoms with van der Waals surface area (Å²) in [4.78, 5) is 6.83. The molecule has 0 bridgehead atoms. The number of para-hydroxylation sites is 1. The normalized spacial score (nSPS) is 11.3. The molecule has 0 aliphatic carbocycles. The molecule has 0 radical (unpaired) electrons. The molecule has 7 heteroatoms. The van der Waals surface area contributed by atoms with Crippen molar-refractivity contribution < 1.29 is 14.2 Å². The zero-order valence-electron chi connectivity index (χ0n) is 18.7. The summed E-state index contributed by atoms with van der Waals surface area (Å²) in [5.74, 6) is 2.95. The SMILES string of the molecule is CCNC(=NCc1ccccc1OCCN(C)C)Nc1ccc(OCC)c(OC)c1. The van der Waals surface area contributed by atoms with Crippen LogP contribution in [-0.4, -0.2) is 58.4 Å². The number of aliphatic imine (C=N–C) groups is 1. The van der Waals surface area contributed by atoms with E-state index in [0.717, 1.165) is 35.8 Å². The zero-order chi connectivity index (χ0) is 21.8. The lowest BCUT2D eigenvalue weighted by atomic mass is 10.2. The Morgan fingerprint density at radius 2 is 1.80 bits per heavy atom. The minimum absolute atomic E-state index is 0.502. The van der Waals surface area contributed by atoms with Crippen molar-refractivity contribution in [1.29, 1.82) is 0 Å². The van der Waals surface area contributed by atoms with Gasteiger partial charge in [-0.15, -0.1) is 0 Å². The highest BCUT2D eigenvalue weighted by molar-refractivity contribution is 5.93. The molecule has 2 aromatic rings. The fourth-order valence-corrected chi connectivity index (χ4v) is 2.74. The predicted molar refractivity (Wildman–Crippen MR) is 123 cm³/mol. The van der Waals surface area contributed by atoms with E-state index in [0.29, 0.717) is 31.5 Å². The lowest BCUT2D eigenvalue weighted by Crippen LogP contribution is -2.30. The third kappa shape index (κ3) is 7.48. The molecule has 164 valence electrons. The maximum atomic E-state index is 5.94. The first kappa shape index (κ1) is 23.3. The molecule has 0 aromatic heterocycles. The Balaban J connectivity index is 2.11. The molecule has 0 amide bonds. The van der Waals surface area contributed by atoms with Gasteiger partial charge < -0.3 is 29.7 Å². The topological polar surface area (TPSA) is 67.4 Å². The molecule has 0 unspecified atom stereocenters. The number of hydrogen-bond donors (Lipinski definition) is 2. The van der Waals surface area contributed by atoms with Crippen LogP contribution in [0.1, 0.15) is 19.4 Å². The average Bonchev–Trinajstić information content (AvgIpc) is 2.74. The molecule has 0 aliphatic rings. The van der Waals surface area contributed by atoms with Gasteiger partial charge in [-0.05, 0) is 46.1 Å². The molecule has 0 aliphatic heterocycles. The molecule has 0 saturated carbocycles. The largest absolute Gasteiger partial charge is 0.493 e. The van der Waals surface area contributed by atoms with Gasteiger partial charge in [0, 0.05) is 30.4 Å². The first-order valence-electron chi connectivity index (χ1n) is 10.3. The lowest BCUT2D eigenvalue weighted by Gasteiger charge is -2.15. The molecule has 30 heavy (non-hydrogen) atoms. The van der Waals surface area contributed by atoms with Crippen LogP contribution in [0.3, 0.4) is 0 Å². The number of benzene rings is 2. The Labute approximate surface area is 180 Å². The molecule has 7 nitrogen and oxygen atoms in total. The van der Waals surface area contributed by atoms with E-state index in [9.17, 15) is 0 Å². The van der Waals surface area contributed by atoms with Crippen molar-refractivity contribution in [2.75, 3.05) is 52.8 Å². The minimum atomic E-state index is 0.502. The van der Waals surface area contributed by atoms with Gasteiger partial charge in [-0.2, -0.15) is 0 Å². The summed E-state index contributed by atoms with van der Waals surface area (Å²) in [6, 6.07) is 13.7. The standard InChI is InChI=1S/C23H34N4O3/c1-6-24-23(26-19-12-13-21(29-7-2)22(16-19)28-5)25-17-18-10-8-9-11-20(18)30-15-14-27(3)4/h8-13,16H,6-7,14-15,17H2,1-5H3,(H2,24,25,26). The van der Waals surface area contributed by atoms with Gasteiger partial charge in [-0.3, -0.25) is 0 Å². The molecule has 0 saturated heterocycles. The fraction of sp³-hybridized carbons (Fsp3) is 0.435. The highest BCUT2D eigenvalue weighted by Gasteiger charge is 2.08. The van der Waals surface area contributed by atoms with Crippen LogP contribution in [0, 0.1) is 0 Å². The van der Waals surface area contributed by atoms with Crippen LogP contribution in [0.2, 0.25) is 0 Å². The van der Waals surface area contributed by atoms with E-state index < -0.39 is 0 Å². The second-order valence-electron chi connectivity index (χ2n) is 6.88. The van der Waals surface area contributed by atoms with Gasteiger partial charge >= 0.3 is 0 Å². The maximum Gasteiger partial charge on any atom is 0.196 e. The number of guanidine groups is 1. The van der Waals surface area contributed by atoms with Crippen molar-refractivity contribution in [1.82, 2.24) is 10.2 Å². The van der Waals surface area contributed by atoms with Crippen molar-refractivity contribution >= 4 is 11.6 Å². The van der Waals surface area contributed by atoms with Crippen molar-refractivity contribution in [3.8, 4) is 17.2 Å². The summed E-state index contributed by atoms with van der Waals surface area (Å²) in [6.07, 6.45) is 0. The van der Waals surface area contributed by atoms with Gasteiger partial charge in [0.05, 0.1) is 20.3 Å². The first-order valence-corrected chi connectivity index (χ1v) is 10.3. The van der Waals surface area contributed by atoms with Crippen LogP contribution in [-0.2, 0) is 6.54 Å². The molecule has 0 fully saturated rings. The molecule has 0 spiro atoms. The molecular weight excluding hydrogens is 380 g/mol. The Hall–Kier alpha value is -2.93. The van der Waals surface area contributed by atoms with Crippen molar-refractivity contribution in [2.24, 2.45) is 4.99 Å². The second kappa shape index (κ2) is 12.6. The molecule has 2 N–H and O–H groups in total. The zero-order valence-corrected chi connectivity index (χ0v) is 18.7. The van der Waals surface area contributed by atoms with Gasteiger partial charge in [0.1, 0.15) is 12.4 Å². The summed E-state index contributed by atoms with van der Waals surface area (Å²) in [6.45, 7) is 7.32. The lowest BCUT2D eigenvalue weighted by molar-refractivity contribution is 0.259. The number of nitrogens with one attached hydrogen (secondary N) is 2. The average molecular weight is 415 g/mol. The summed E-state index contributed by atoms with van der Waals surface area (Å²) in [7, 11) is 5.70. The number of hydrogen-bond acceptors (Lipinski definition) is 5. The molecular formula is C23H34N4O3. The smallest absolute Gasteiger partial charge is 0.196 e. The number of likely N-dealkylation sites (N-methyl/N-ethyl adjacent to an activating group) is 1. The number of methoxy groups -OCH3 is 1. The van der Waals surface area contributed by atoms with Gasteiger partial charge in [-0.25, -0.2) is 4.99 Å². The summed E-state index contributed by atoms with van der Waals surface area (Å²) in [5, 5.41) is 6.60. The Morgan fingerprint density at radius 3 is 2.50 bits per heavy atom. The van der Waals surface area contributed by atoms with Gasteiger partial charge in [-0.1, -0.05) is 18.2 Å². The van der Waals surface area contributed by atoms with Crippen molar-refractivity contribution in [3.05, 3.63) is 48.0 Å². The first-order chi connectivity index (χ1) is 14.6. The molecule has 0 heterocycles. The third-order valence-electron chi connectivity index (χ3n) is 4.25. The Kier molecular flexibility index (Phi) is 9.80. The van der Waals surface area contributed by atoms with E-state index in [1.807, 2.05) is 70.4 Å². The summed E-state index contributed by atoms with van der Waals surface area (Å²) >= 11 is 0. The monoisotopic (exact) mass is 414 g/mol.